The number of amides is 1. The summed E-state index contributed by atoms with van der Waals surface area (Å²) in [6.45, 7) is 6.25. The van der Waals surface area contributed by atoms with Crippen LogP contribution in [0.3, 0.4) is 0 Å². The molecule has 0 aliphatic heterocycles. The number of rotatable bonds is 46. The van der Waals surface area contributed by atoms with Crippen LogP contribution < -0.4 is 5.32 Å². The number of allylic oxidation sites excluding steroid dienone is 16. The van der Waals surface area contributed by atoms with E-state index in [0.29, 0.717) is 19.3 Å². The Bertz CT molecular complexity index is 1270. The number of hydrogen-bond donors (Lipinski definition) is 3. The van der Waals surface area contributed by atoms with Crippen molar-refractivity contribution in [1.82, 2.24) is 5.32 Å². The molecule has 0 aliphatic rings. The molecule has 0 bridgehead atoms. The fourth-order valence-corrected chi connectivity index (χ4v) is 7.58. The normalized spacial score (nSPS) is 14.0. The summed E-state index contributed by atoms with van der Waals surface area (Å²) in [7, 11) is 0. The fraction of sp³-hybridized carbons (Fsp3) is 0.690. The lowest BCUT2D eigenvalue weighted by molar-refractivity contribution is -0.151. The second-order valence-corrected chi connectivity index (χ2v) is 17.7. The summed E-state index contributed by atoms with van der Waals surface area (Å²) in [5.41, 5.74) is 0. The summed E-state index contributed by atoms with van der Waals surface area (Å²) in [6.07, 6.45) is 67.4. The van der Waals surface area contributed by atoms with E-state index in [9.17, 15) is 19.8 Å². The van der Waals surface area contributed by atoms with Crippen LogP contribution in [0.25, 0.3) is 0 Å². The number of aliphatic hydroxyl groups is 2. The van der Waals surface area contributed by atoms with E-state index in [1.807, 2.05) is 24.3 Å². The molecule has 0 saturated carbocycles. The molecule has 0 radical (unpaired) electrons. The molecule has 0 heterocycles. The molecule has 3 unspecified atom stereocenters. The van der Waals surface area contributed by atoms with Crippen LogP contribution in [-0.4, -0.2) is 46.9 Å². The highest BCUT2D eigenvalue weighted by Crippen LogP contribution is 2.18. The Labute approximate surface area is 395 Å². The van der Waals surface area contributed by atoms with Gasteiger partial charge >= 0.3 is 5.97 Å². The van der Waals surface area contributed by atoms with E-state index in [1.165, 1.54) is 77.0 Å². The Morgan fingerprint density at radius 2 is 0.875 bits per heavy atom. The van der Waals surface area contributed by atoms with E-state index in [-0.39, 0.29) is 24.9 Å². The summed E-state index contributed by atoms with van der Waals surface area (Å²) in [5, 5.41) is 23.8. The lowest BCUT2D eigenvalue weighted by Crippen LogP contribution is -2.46. The number of hydrogen-bond acceptors (Lipinski definition) is 5. The Morgan fingerprint density at radius 3 is 1.34 bits per heavy atom. The molecule has 366 valence electrons. The van der Waals surface area contributed by atoms with Crippen molar-refractivity contribution in [2.75, 3.05) is 6.61 Å². The van der Waals surface area contributed by atoms with Crippen molar-refractivity contribution in [3.8, 4) is 0 Å². The third-order valence-corrected chi connectivity index (χ3v) is 11.6. The van der Waals surface area contributed by atoms with Gasteiger partial charge in [-0.1, -0.05) is 253 Å². The zero-order valence-corrected chi connectivity index (χ0v) is 41.6. The van der Waals surface area contributed by atoms with Gasteiger partial charge in [-0.05, 0) is 64.2 Å². The van der Waals surface area contributed by atoms with Crippen LogP contribution in [0.2, 0.25) is 0 Å². The van der Waals surface area contributed by atoms with Crippen molar-refractivity contribution in [1.29, 1.82) is 0 Å². The highest BCUT2D eigenvalue weighted by molar-refractivity contribution is 5.77. The SMILES string of the molecule is CC/C=C/C=C/C=C/CCCCCCCC(CC(=O)NC(CO)C(O)CCCCCCCCCCCCCCCC)OC(=O)CCCCCCC/C=C/C=C/C=C/C=C/C=C/CCC. The summed E-state index contributed by atoms with van der Waals surface area (Å²) in [4.78, 5) is 26.2. The first kappa shape index (κ1) is 60.8. The summed E-state index contributed by atoms with van der Waals surface area (Å²) >= 11 is 0. The van der Waals surface area contributed by atoms with Crippen molar-refractivity contribution in [2.45, 2.75) is 251 Å². The molecule has 0 aliphatic carbocycles. The van der Waals surface area contributed by atoms with Crippen molar-refractivity contribution < 1.29 is 24.5 Å². The van der Waals surface area contributed by atoms with Crippen LogP contribution in [0.5, 0.6) is 0 Å². The molecule has 3 atom stereocenters. The van der Waals surface area contributed by atoms with E-state index < -0.39 is 18.2 Å². The van der Waals surface area contributed by atoms with Gasteiger partial charge in [-0.25, -0.2) is 0 Å². The number of esters is 1. The highest BCUT2D eigenvalue weighted by Gasteiger charge is 2.24. The summed E-state index contributed by atoms with van der Waals surface area (Å²) in [6, 6.07) is -0.720. The molecule has 0 aromatic heterocycles. The Kier molecular flexibility index (Phi) is 48.2. The van der Waals surface area contributed by atoms with Gasteiger partial charge < -0.3 is 20.3 Å². The molecule has 0 spiro atoms. The molecule has 0 aromatic rings. The van der Waals surface area contributed by atoms with E-state index in [4.69, 9.17) is 4.74 Å². The van der Waals surface area contributed by atoms with Crippen molar-refractivity contribution in [2.24, 2.45) is 0 Å². The van der Waals surface area contributed by atoms with Gasteiger partial charge in [-0.3, -0.25) is 9.59 Å². The maximum atomic E-state index is 13.2. The lowest BCUT2D eigenvalue weighted by atomic mass is 10.0. The van der Waals surface area contributed by atoms with Crippen molar-refractivity contribution >= 4 is 11.9 Å². The minimum absolute atomic E-state index is 0.0480. The zero-order chi connectivity index (χ0) is 46.7. The minimum Gasteiger partial charge on any atom is -0.462 e. The Balaban J connectivity index is 4.65. The second kappa shape index (κ2) is 50.8. The number of nitrogens with one attached hydrogen (secondary N) is 1. The van der Waals surface area contributed by atoms with Gasteiger partial charge in [-0.15, -0.1) is 0 Å². The predicted molar refractivity (Wildman–Crippen MR) is 277 cm³/mol. The van der Waals surface area contributed by atoms with Crippen molar-refractivity contribution in [3.05, 3.63) is 97.2 Å². The third kappa shape index (κ3) is 45.4. The highest BCUT2D eigenvalue weighted by atomic mass is 16.5. The molecule has 0 rings (SSSR count). The zero-order valence-electron chi connectivity index (χ0n) is 41.6. The quantitative estimate of drug-likeness (QED) is 0.0321. The number of aliphatic hydroxyl groups excluding tert-OH is 2. The second-order valence-electron chi connectivity index (χ2n) is 17.7. The van der Waals surface area contributed by atoms with Gasteiger partial charge in [-0.2, -0.15) is 0 Å². The van der Waals surface area contributed by atoms with Gasteiger partial charge in [0.1, 0.15) is 6.10 Å². The lowest BCUT2D eigenvalue weighted by Gasteiger charge is -2.24. The molecule has 0 aromatic carbocycles. The molecule has 0 saturated heterocycles. The van der Waals surface area contributed by atoms with Gasteiger partial charge in [0.25, 0.3) is 0 Å². The molecule has 3 N–H and O–H groups in total. The van der Waals surface area contributed by atoms with Gasteiger partial charge in [0.15, 0.2) is 0 Å². The van der Waals surface area contributed by atoms with Gasteiger partial charge in [0.2, 0.25) is 5.91 Å². The molecule has 1 amide bonds. The average molecular weight is 890 g/mol. The number of ether oxygens (including phenoxy) is 1. The number of carbonyl (C=O) groups excluding carboxylic acids is 2. The molecule has 64 heavy (non-hydrogen) atoms. The van der Waals surface area contributed by atoms with Crippen LogP contribution in [0.1, 0.15) is 233 Å². The van der Waals surface area contributed by atoms with Crippen LogP contribution in [0, 0.1) is 0 Å². The van der Waals surface area contributed by atoms with E-state index >= 15 is 0 Å². The fourth-order valence-electron chi connectivity index (χ4n) is 7.58. The van der Waals surface area contributed by atoms with Crippen LogP contribution >= 0.6 is 0 Å². The first-order valence-corrected chi connectivity index (χ1v) is 26.6. The maximum Gasteiger partial charge on any atom is 0.306 e. The summed E-state index contributed by atoms with van der Waals surface area (Å²) in [5.74, 6) is -0.528. The molecule has 6 nitrogen and oxygen atoms in total. The van der Waals surface area contributed by atoms with Crippen LogP contribution in [0.4, 0.5) is 0 Å². The van der Waals surface area contributed by atoms with Crippen molar-refractivity contribution in [3.63, 3.8) is 0 Å². The standard InChI is InChI=1S/C58H99NO5/c1-4-7-10-13-16-19-22-25-27-28-29-30-33-36-39-42-45-48-51-58(63)64-54(49-46-43-40-37-34-31-24-21-18-15-12-9-6-3)52-57(62)59-55(53-60)56(61)50-47-44-41-38-35-32-26-23-20-17-14-11-8-5-2/h9-10,12-13,15-16,18-19,21-22,24-25,27-30,54-56,60-61H,4-8,11,14,17,20,23,26,31-53H2,1-3H3,(H,59,62)/b12-9+,13-10+,18-15+,19-16+,24-21+,25-22+,28-27+,30-29+. The number of unbranched alkanes of at least 4 members (excludes halogenated alkanes) is 24. The molecule has 6 heteroatoms. The predicted octanol–water partition coefficient (Wildman–Crippen LogP) is 16.1. The Hall–Kier alpha value is -3.22. The first-order chi connectivity index (χ1) is 31.5. The first-order valence-electron chi connectivity index (χ1n) is 26.6. The van der Waals surface area contributed by atoms with Gasteiger partial charge in [0, 0.05) is 6.42 Å². The summed E-state index contributed by atoms with van der Waals surface area (Å²) < 4.78 is 5.92. The smallest absolute Gasteiger partial charge is 0.306 e. The monoisotopic (exact) mass is 890 g/mol. The minimum atomic E-state index is -0.804. The average Bonchev–Trinajstić information content (AvgIpc) is 3.29. The van der Waals surface area contributed by atoms with Crippen LogP contribution in [-0.2, 0) is 14.3 Å². The van der Waals surface area contributed by atoms with E-state index in [2.05, 4.69) is 99.0 Å². The Morgan fingerprint density at radius 1 is 0.469 bits per heavy atom. The molecular weight excluding hydrogens is 791 g/mol. The van der Waals surface area contributed by atoms with E-state index in [0.717, 1.165) is 109 Å². The van der Waals surface area contributed by atoms with E-state index in [1.54, 1.807) is 0 Å². The maximum absolute atomic E-state index is 13.2. The van der Waals surface area contributed by atoms with Crippen LogP contribution in [0.15, 0.2) is 97.2 Å². The molecular formula is C58H99NO5. The largest absolute Gasteiger partial charge is 0.462 e. The third-order valence-electron chi connectivity index (χ3n) is 11.6. The number of carbonyl (C=O) groups is 2. The molecule has 0 fully saturated rings. The topological polar surface area (TPSA) is 95.9 Å². The van der Waals surface area contributed by atoms with Gasteiger partial charge in [0.05, 0.1) is 25.2 Å².